The van der Waals surface area contributed by atoms with Gasteiger partial charge in [-0.2, -0.15) is 0 Å². The van der Waals surface area contributed by atoms with Gasteiger partial charge in [0.05, 0.1) is 27.8 Å². The Hall–Kier alpha value is -4.01. The van der Waals surface area contributed by atoms with Crippen LogP contribution in [0.4, 0.5) is 5.69 Å². The molecule has 0 fully saturated rings. The molecule has 0 amide bonds. The van der Waals surface area contributed by atoms with E-state index in [2.05, 4.69) is 15.0 Å². The molecule has 0 saturated heterocycles. The number of carboxylic acid groups (broad SMARTS) is 1. The van der Waals surface area contributed by atoms with Crippen LogP contribution in [-0.4, -0.2) is 35.5 Å². The quantitative estimate of drug-likeness (QED) is 0.431. The van der Waals surface area contributed by atoms with Gasteiger partial charge >= 0.3 is 5.97 Å². The minimum atomic E-state index is -1.04. The van der Waals surface area contributed by atoms with Gasteiger partial charge in [-0.15, -0.1) is 0 Å². The lowest BCUT2D eigenvalue weighted by molar-refractivity contribution is -0.384. The first-order valence-electron chi connectivity index (χ1n) is 7.53. The Morgan fingerprint density at radius 2 is 2.08 bits per heavy atom. The van der Waals surface area contributed by atoms with Gasteiger partial charge in [0.15, 0.2) is 0 Å². The molecular formula is C17H11N5O4. The Balaban J connectivity index is 1.83. The highest BCUT2D eigenvalue weighted by Crippen LogP contribution is 2.29. The number of carboxylic acids is 1. The molecule has 0 atom stereocenters. The molecule has 0 bridgehead atoms. The number of nitrogens with zero attached hydrogens (tertiary/aromatic N) is 4. The van der Waals surface area contributed by atoms with Crippen molar-refractivity contribution in [1.82, 2.24) is 19.5 Å². The molecule has 0 unspecified atom stereocenters. The third kappa shape index (κ3) is 2.57. The van der Waals surface area contributed by atoms with E-state index in [1.807, 2.05) is 0 Å². The van der Waals surface area contributed by atoms with Crippen molar-refractivity contribution in [2.24, 2.45) is 0 Å². The molecule has 0 saturated carbocycles. The minimum absolute atomic E-state index is 0.0906. The summed E-state index contributed by atoms with van der Waals surface area (Å²) in [5.74, 6) is -0.619. The summed E-state index contributed by atoms with van der Waals surface area (Å²) in [6.07, 6.45) is 4.64. The van der Waals surface area contributed by atoms with Crippen LogP contribution in [0.2, 0.25) is 0 Å². The van der Waals surface area contributed by atoms with E-state index in [0.29, 0.717) is 28.1 Å². The predicted octanol–water partition coefficient (Wildman–Crippen LogP) is 3.02. The van der Waals surface area contributed by atoms with Crippen molar-refractivity contribution < 1.29 is 14.8 Å². The van der Waals surface area contributed by atoms with Gasteiger partial charge in [0.2, 0.25) is 0 Å². The Morgan fingerprint density at radius 1 is 1.23 bits per heavy atom. The van der Waals surface area contributed by atoms with Crippen molar-refractivity contribution in [2.75, 3.05) is 0 Å². The van der Waals surface area contributed by atoms with E-state index in [-0.39, 0.29) is 11.3 Å². The molecule has 2 aromatic carbocycles. The summed E-state index contributed by atoms with van der Waals surface area (Å²) in [6.45, 7) is 0. The van der Waals surface area contributed by atoms with Gasteiger partial charge in [0.1, 0.15) is 11.5 Å². The molecule has 2 heterocycles. The Kier molecular flexibility index (Phi) is 3.47. The number of fused-ring (bicyclic) bond motifs is 1. The van der Waals surface area contributed by atoms with Gasteiger partial charge in [0.25, 0.3) is 5.69 Å². The van der Waals surface area contributed by atoms with Crippen molar-refractivity contribution >= 4 is 22.7 Å². The standard InChI is InChI=1S/C17H11N5O4/c23-17(24)11-1-3-12-13(7-11)20-16(19-12)10-2-4-14(15(8-10)22(25)26)21-6-5-18-9-21/h1-9H,(H,19,20)(H,23,24). The summed E-state index contributed by atoms with van der Waals surface area (Å²) in [4.78, 5) is 33.4. The van der Waals surface area contributed by atoms with E-state index in [9.17, 15) is 14.9 Å². The number of H-pyrrole nitrogens is 1. The fraction of sp³-hybridized carbons (Fsp3) is 0. The zero-order valence-electron chi connectivity index (χ0n) is 13.2. The number of imidazole rings is 2. The second-order valence-corrected chi connectivity index (χ2v) is 5.55. The molecular weight excluding hydrogens is 338 g/mol. The van der Waals surface area contributed by atoms with Gasteiger partial charge < -0.3 is 14.7 Å². The van der Waals surface area contributed by atoms with Crippen molar-refractivity contribution in [2.45, 2.75) is 0 Å². The lowest BCUT2D eigenvalue weighted by Gasteiger charge is -2.05. The van der Waals surface area contributed by atoms with Crippen LogP contribution in [0.15, 0.2) is 55.1 Å². The second kappa shape index (κ2) is 5.81. The Labute approximate surface area is 145 Å². The molecule has 0 aliphatic rings. The van der Waals surface area contributed by atoms with Gasteiger partial charge in [-0.3, -0.25) is 10.1 Å². The molecule has 0 spiro atoms. The van der Waals surface area contributed by atoms with E-state index in [0.717, 1.165) is 0 Å². The van der Waals surface area contributed by atoms with Crippen LogP contribution in [0.3, 0.4) is 0 Å². The first-order valence-corrected chi connectivity index (χ1v) is 7.53. The number of aromatic amines is 1. The second-order valence-electron chi connectivity index (χ2n) is 5.55. The Bertz CT molecular complexity index is 1150. The summed E-state index contributed by atoms with van der Waals surface area (Å²) in [6, 6.07) is 9.27. The summed E-state index contributed by atoms with van der Waals surface area (Å²) in [5.41, 5.74) is 2.07. The number of carbonyl (C=O) groups is 1. The third-order valence-corrected chi connectivity index (χ3v) is 3.96. The van der Waals surface area contributed by atoms with Crippen molar-refractivity contribution in [3.05, 3.63) is 70.8 Å². The lowest BCUT2D eigenvalue weighted by Crippen LogP contribution is -1.98. The van der Waals surface area contributed by atoms with E-state index in [1.54, 1.807) is 29.0 Å². The maximum absolute atomic E-state index is 11.5. The molecule has 2 N–H and O–H groups in total. The van der Waals surface area contributed by atoms with Crippen LogP contribution >= 0.6 is 0 Å². The molecule has 2 aromatic heterocycles. The number of hydrogen-bond acceptors (Lipinski definition) is 5. The van der Waals surface area contributed by atoms with Gasteiger partial charge in [-0.05, 0) is 30.3 Å². The van der Waals surface area contributed by atoms with Crippen LogP contribution in [0, 0.1) is 10.1 Å². The number of nitrogens with one attached hydrogen (secondary N) is 1. The van der Waals surface area contributed by atoms with Crippen LogP contribution in [-0.2, 0) is 0 Å². The minimum Gasteiger partial charge on any atom is -0.478 e. The fourth-order valence-corrected chi connectivity index (χ4v) is 2.72. The molecule has 128 valence electrons. The molecule has 26 heavy (non-hydrogen) atoms. The third-order valence-electron chi connectivity index (χ3n) is 3.96. The van der Waals surface area contributed by atoms with Crippen LogP contribution < -0.4 is 0 Å². The van der Waals surface area contributed by atoms with E-state index in [1.165, 1.54) is 30.7 Å². The maximum Gasteiger partial charge on any atom is 0.335 e. The van der Waals surface area contributed by atoms with Crippen molar-refractivity contribution in [1.29, 1.82) is 0 Å². The first-order chi connectivity index (χ1) is 12.5. The van der Waals surface area contributed by atoms with Gasteiger partial charge in [0, 0.05) is 24.0 Å². The first kappa shape index (κ1) is 15.5. The van der Waals surface area contributed by atoms with E-state index >= 15 is 0 Å². The summed E-state index contributed by atoms with van der Waals surface area (Å²) >= 11 is 0. The number of nitro benzene ring substituents is 1. The average molecular weight is 349 g/mol. The fourth-order valence-electron chi connectivity index (χ4n) is 2.72. The molecule has 4 rings (SSSR count). The van der Waals surface area contributed by atoms with Crippen LogP contribution in [0.25, 0.3) is 28.1 Å². The smallest absolute Gasteiger partial charge is 0.335 e. The molecule has 0 aliphatic carbocycles. The molecule has 9 heteroatoms. The molecule has 0 aliphatic heterocycles. The summed E-state index contributed by atoms with van der Waals surface area (Å²) in [5, 5.41) is 20.5. The zero-order chi connectivity index (χ0) is 18.3. The Morgan fingerprint density at radius 3 is 2.77 bits per heavy atom. The number of benzene rings is 2. The number of aromatic carboxylic acids is 1. The highest BCUT2D eigenvalue weighted by atomic mass is 16.6. The monoisotopic (exact) mass is 349 g/mol. The number of hydrogen-bond donors (Lipinski definition) is 2. The summed E-state index contributed by atoms with van der Waals surface area (Å²) in [7, 11) is 0. The van der Waals surface area contributed by atoms with Crippen LogP contribution in [0.5, 0.6) is 0 Å². The SMILES string of the molecule is O=C(O)c1ccc2nc(-c3ccc(-n4ccnc4)c([N+](=O)[O-])c3)[nH]c2c1. The maximum atomic E-state index is 11.5. The largest absolute Gasteiger partial charge is 0.478 e. The number of nitro groups is 1. The van der Waals surface area contributed by atoms with Crippen molar-refractivity contribution in [3.63, 3.8) is 0 Å². The predicted molar refractivity (Wildman–Crippen MR) is 92.3 cm³/mol. The van der Waals surface area contributed by atoms with Crippen LogP contribution in [0.1, 0.15) is 10.4 Å². The van der Waals surface area contributed by atoms with Crippen molar-refractivity contribution in [3.8, 4) is 17.1 Å². The average Bonchev–Trinajstić information content (AvgIpc) is 3.30. The molecule has 0 radical (unpaired) electrons. The van der Waals surface area contributed by atoms with Gasteiger partial charge in [-0.1, -0.05) is 0 Å². The number of rotatable bonds is 4. The zero-order valence-corrected chi connectivity index (χ0v) is 13.2. The molecule has 9 nitrogen and oxygen atoms in total. The normalized spacial score (nSPS) is 10.9. The lowest BCUT2D eigenvalue weighted by atomic mass is 10.1. The highest BCUT2D eigenvalue weighted by Gasteiger charge is 2.18. The van der Waals surface area contributed by atoms with E-state index < -0.39 is 10.9 Å². The van der Waals surface area contributed by atoms with Gasteiger partial charge in [-0.25, -0.2) is 14.8 Å². The highest BCUT2D eigenvalue weighted by molar-refractivity contribution is 5.93. The summed E-state index contributed by atoms with van der Waals surface area (Å²) < 4.78 is 1.56. The topological polar surface area (TPSA) is 127 Å². The number of aromatic nitrogens is 4. The molecule has 4 aromatic rings. The van der Waals surface area contributed by atoms with E-state index in [4.69, 9.17) is 5.11 Å².